The molecule has 0 saturated carbocycles. The minimum absolute atomic E-state index is 0.0298. The molecule has 0 aromatic rings. The van der Waals surface area contributed by atoms with Gasteiger partial charge in [-0.2, -0.15) is 0 Å². The van der Waals surface area contributed by atoms with Gasteiger partial charge in [0, 0.05) is 37.8 Å². The zero-order valence-electron chi connectivity index (χ0n) is 7.90. The van der Waals surface area contributed by atoms with E-state index in [1.807, 2.05) is 0 Å². The van der Waals surface area contributed by atoms with E-state index < -0.39 is 5.92 Å². The topological polar surface area (TPSA) is 3.24 Å². The van der Waals surface area contributed by atoms with Crippen molar-refractivity contribution in [1.82, 2.24) is 4.90 Å². The van der Waals surface area contributed by atoms with Crippen LogP contribution in [0.1, 0.15) is 19.8 Å². The van der Waals surface area contributed by atoms with Crippen molar-refractivity contribution in [1.29, 1.82) is 0 Å². The van der Waals surface area contributed by atoms with Crippen LogP contribution in [0.25, 0.3) is 0 Å². The van der Waals surface area contributed by atoms with Gasteiger partial charge in [0.2, 0.25) is 0 Å². The van der Waals surface area contributed by atoms with Gasteiger partial charge in [-0.25, -0.2) is 8.78 Å². The molecule has 0 amide bonds. The van der Waals surface area contributed by atoms with Gasteiger partial charge < -0.3 is 4.90 Å². The molecule has 1 aliphatic heterocycles. The van der Waals surface area contributed by atoms with Crippen molar-refractivity contribution in [2.45, 2.75) is 25.7 Å². The summed E-state index contributed by atoms with van der Waals surface area (Å²) in [5.41, 5.74) is 0. The van der Waals surface area contributed by atoms with Gasteiger partial charge in [-0.3, -0.25) is 0 Å². The molecule has 0 aliphatic carbocycles. The second-order valence-electron chi connectivity index (χ2n) is 3.92. The van der Waals surface area contributed by atoms with Gasteiger partial charge in [0.25, 0.3) is 5.92 Å². The van der Waals surface area contributed by atoms with Gasteiger partial charge in [0.05, 0.1) is 0 Å². The van der Waals surface area contributed by atoms with Crippen LogP contribution < -0.4 is 0 Å². The third-order valence-corrected chi connectivity index (χ3v) is 3.53. The van der Waals surface area contributed by atoms with Crippen molar-refractivity contribution in [3.05, 3.63) is 0 Å². The minimum Gasteiger partial charge on any atom is -0.303 e. The molecule has 1 unspecified atom stereocenters. The van der Waals surface area contributed by atoms with Gasteiger partial charge in [0.15, 0.2) is 0 Å². The lowest BCUT2D eigenvalue weighted by molar-refractivity contribution is -0.0565. The second kappa shape index (κ2) is 4.69. The predicted molar refractivity (Wildman–Crippen MR) is 53.6 cm³/mol. The summed E-state index contributed by atoms with van der Waals surface area (Å²) in [4.78, 5) is 2.13. The van der Waals surface area contributed by atoms with Crippen LogP contribution in [-0.4, -0.2) is 35.8 Å². The fourth-order valence-electron chi connectivity index (χ4n) is 1.55. The third kappa shape index (κ3) is 3.90. The molecule has 1 heterocycles. The third-order valence-electron chi connectivity index (χ3n) is 2.42. The van der Waals surface area contributed by atoms with Crippen molar-refractivity contribution in [3.63, 3.8) is 0 Å². The van der Waals surface area contributed by atoms with Crippen LogP contribution in [0.5, 0.6) is 0 Å². The zero-order valence-corrected chi connectivity index (χ0v) is 9.49. The molecule has 78 valence electrons. The maximum atomic E-state index is 12.8. The maximum Gasteiger partial charge on any atom is 0.250 e. The molecular formula is C9H16BrF2N. The zero-order chi connectivity index (χ0) is 9.90. The predicted octanol–water partition coefficient (Wildman–Crippen LogP) is 2.75. The molecule has 0 radical (unpaired) electrons. The Morgan fingerprint density at radius 1 is 1.38 bits per heavy atom. The summed E-state index contributed by atoms with van der Waals surface area (Å²) >= 11 is 3.39. The number of nitrogens with zero attached hydrogens (tertiary/aromatic N) is 1. The van der Waals surface area contributed by atoms with E-state index in [4.69, 9.17) is 0 Å². The first kappa shape index (κ1) is 11.4. The highest BCUT2D eigenvalue weighted by molar-refractivity contribution is 9.09. The summed E-state index contributed by atoms with van der Waals surface area (Å²) in [7, 11) is 0. The lowest BCUT2D eigenvalue weighted by atomic mass is 10.1. The fourth-order valence-corrected chi connectivity index (χ4v) is 1.76. The molecule has 1 atom stereocenters. The van der Waals surface area contributed by atoms with Crippen molar-refractivity contribution in [2.75, 3.05) is 25.0 Å². The summed E-state index contributed by atoms with van der Waals surface area (Å²) in [6.07, 6.45) is 0.0595. The Bertz CT molecular complexity index is 154. The molecule has 0 bridgehead atoms. The van der Waals surface area contributed by atoms with Crippen LogP contribution in [0.3, 0.4) is 0 Å². The van der Waals surface area contributed by atoms with Crippen LogP contribution in [0.2, 0.25) is 0 Å². The van der Waals surface area contributed by atoms with Crippen molar-refractivity contribution in [2.24, 2.45) is 5.92 Å². The first-order chi connectivity index (χ1) is 6.03. The Morgan fingerprint density at radius 3 is 2.38 bits per heavy atom. The summed E-state index contributed by atoms with van der Waals surface area (Å²) in [6, 6.07) is 0. The number of alkyl halides is 3. The van der Waals surface area contributed by atoms with Crippen LogP contribution >= 0.6 is 15.9 Å². The monoisotopic (exact) mass is 255 g/mol. The lowest BCUT2D eigenvalue weighted by Gasteiger charge is -2.32. The first-order valence-corrected chi connectivity index (χ1v) is 5.82. The molecule has 0 N–H and O–H groups in total. The Hall–Kier alpha value is 0.300. The summed E-state index contributed by atoms with van der Waals surface area (Å²) < 4.78 is 25.5. The van der Waals surface area contributed by atoms with E-state index in [1.54, 1.807) is 0 Å². The van der Waals surface area contributed by atoms with E-state index in [1.165, 1.54) is 0 Å². The van der Waals surface area contributed by atoms with E-state index in [9.17, 15) is 8.78 Å². The Labute approximate surface area is 86.6 Å². The van der Waals surface area contributed by atoms with Crippen molar-refractivity contribution in [3.8, 4) is 0 Å². The highest BCUT2D eigenvalue weighted by Gasteiger charge is 2.33. The van der Waals surface area contributed by atoms with E-state index in [0.717, 1.165) is 11.9 Å². The number of rotatable bonds is 3. The summed E-state index contributed by atoms with van der Waals surface area (Å²) in [6.45, 7) is 4.15. The van der Waals surface area contributed by atoms with E-state index in [-0.39, 0.29) is 12.8 Å². The Morgan fingerprint density at radius 2 is 1.92 bits per heavy atom. The van der Waals surface area contributed by atoms with Crippen LogP contribution in [-0.2, 0) is 0 Å². The molecule has 1 fully saturated rings. The second-order valence-corrected chi connectivity index (χ2v) is 4.56. The number of hydrogen-bond acceptors (Lipinski definition) is 1. The van der Waals surface area contributed by atoms with Crippen LogP contribution in [0.15, 0.2) is 0 Å². The highest BCUT2D eigenvalue weighted by atomic mass is 79.9. The molecule has 1 rings (SSSR count). The lowest BCUT2D eigenvalue weighted by Crippen LogP contribution is -2.41. The molecule has 1 saturated heterocycles. The molecule has 4 heteroatoms. The van der Waals surface area contributed by atoms with Gasteiger partial charge in [-0.1, -0.05) is 22.9 Å². The van der Waals surface area contributed by atoms with E-state index >= 15 is 0 Å². The van der Waals surface area contributed by atoms with Gasteiger partial charge in [0.1, 0.15) is 0 Å². The molecule has 1 nitrogen and oxygen atoms in total. The molecule has 0 aromatic heterocycles. The standard InChI is InChI=1S/C9H16BrF2N/c1-8(6-10)7-13-4-2-9(11,12)3-5-13/h8H,2-7H2,1H3. The van der Waals surface area contributed by atoms with Gasteiger partial charge in [-0.05, 0) is 5.92 Å². The Balaban J connectivity index is 2.25. The first-order valence-electron chi connectivity index (χ1n) is 4.69. The number of hydrogen-bond donors (Lipinski definition) is 0. The molecular weight excluding hydrogens is 240 g/mol. The largest absolute Gasteiger partial charge is 0.303 e. The number of piperidine rings is 1. The molecule has 13 heavy (non-hydrogen) atoms. The smallest absolute Gasteiger partial charge is 0.250 e. The van der Waals surface area contributed by atoms with E-state index in [2.05, 4.69) is 27.8 Å². The Kier molecular flexibility index (Phi) is 4.10. The van der Waals surface area contributed by atoms with Crippen molar-refractivity contribution >= 4 is 15.9 Å². The van der Waals surface area contributed by atoms with Crippen LogP contribution in [0.4, 0.5) is 8.78 Å². The number of halogens is 3. The molecule has 1 aliphatic rings. The summed E-state index contributed by atoms with van der Waals surface area (Å²) in [5, 5.41) is 0.944. The SMILES string of the molecule is CC(CBr)CN1CCC(F)(F)CC1. The number of likely N-dealkylation sites (tertiary alicyclic amines) is 1. The fraction of sp³-hybridized carbons (Fsp3) is 1.00. The van der Waals surface area contributed by atoms with Gasteiger partial charge in [-0.15, -0.1) is 0 Å². The average Bonchev–Trinajstić information content (AvgIpc) is 2.08. The highest BCUT2D eigenvalue weighted by Crippen LogP contribution is 2.27. The normalized spacial score (nSPS) is 25.8. The van der Waals surface area contributed by atoms with Gasteiger partial charge >= 0.3 is 0 Å². The molecule has 0 aromatic carbocycles. The average molecular weight is 256 g/mol. The van der Waals surface area contributed by atoms with E-state index in [0.29, 0.717) is 19.0 Å². The van der Waals surface area contributed by atoms with Crippen LogP contribution in [0, 0.1) is 5.92 Å². The maximum absolute atomic E-state index is 12.8. The quantitative estimate of drug-likeness (QED) is 0.702. The summed E-state index contributed by atoms with van der Waals surface area (Å²) in [5.74, 6) is -1.86. The van der Waals surface area contributed by atoms with Crippen molar-refractivity contribution < 1.29 is 8.78 Å². The molecule has 0 spiro atoms. The minimum atomic E-state index is -2.41.